The first kappa shape index (κ1) is 57.0. The number of hydrogen-bond donors (Lipinski definition) is 5. The third kappa shape index (κ3) is 16.3. The van der Waals surface area contributed by atoms with Crippen molar-refractivity contribution in [1.29, 1.82) is 0 Å². The maximum absolute atomic E-state index is 14.2. The van der Waals surface area contributed by atoms with Crippen LogP contribution in [0.1, 0.15) is 98.6 Å². The molecule has 0 unspecified atom stereocenters. The van der Waals surface area contributed by atoms with E-state index < -0.39 is 77.3 Å². The third-order valence-electron chi connectivity index (χ3n) is 13.6. The van der Waals surface area contributed by atoms with E-state index in [4.69, 9.17) is 33.3 Å². The number of carbonyl (C=O) groups is 2. The van der Waals surface area contributed by atoms with E-state index >= 15 is 0 Å². The Balaban J connectivity index is 1.34. The highest BCUT2D eigenvalue weighted by molar-refractivity contribution is 6.00. The van der Waals surface area contributed by atoms with E-state index in [1.807, 2.05) is 70.1 Å². The Bertz CT molecular complexity index is 1840. The minimum atomic E-state index is -1.92. The van der Waals surface area contributed by atoms with Gasteiger partial charge in [-0.05, 0) is 110 Å². The summed E-state index contributed by atoms with van der Waals surface area (Å²) < 4.78 is 36.7. The molecule has 13 atom stereocenters. The lowest BCUT2D eigenvalue weighted by atomic mass is 9.74. The second kappa shape index (κ2) is 27.7. The fourth-order valence-corrected chi connectivity index (χ4v) is 9.40. The Morgan fingerprint density at radius 1 is 0.882 bits per heavy atom. The summed E-state index contributed by atoms with van der Waals surface area (Å²) in [6, 6.07) is 18.0. The molecule has 16 nitrogen and oxygen atoms in total. The number of benzene rings is 2. The number of cyclic esters (lactones) is 1. The molecule has 0 radical (unpaired) electrons. The largest absolute Gasteiger partial charge is 0.489 e. The molecule has 0 bridgehead atoms. The first-order chi connectivity index (χ1) is 32.3. The van der Waals surface area contributed by atoms with Crippen molar-refractivity contribution in [1.82, 2.24) is 15.5 Å². The number of oxime groups is 1. The van der Waals surface area contributed by atoms with Gasteiger partial charge in [-0.15, -0.1) is 0 Å². The number of nitrogens with one attached hydrogen (secondary N) is 2. The van der Waals surface area contributed by atoms with Crippen molar-refractivity contribution in [3.05, 3.63) is 65.7 Å². The van der Waals surface area contributed by atoms with Crippen LogP contribution in [0.25, 0.3) is 0 Å². The Hall–Kier alpha value is -3.55. The molecule has 2 fully saturated rings. The third-order valence-corrected chi connectivity index (χ3v) is 13.6. The van der Waals surface area contributed by atoms with E-state index in [0.29, 0.717) is 45.0 Å². The molecular weight excluding hydrogens is 873 g/mol. The standard InChI is InChI=1S/C52H84N4O12/c1-12-43-52(8,61)47(59)36(4)44(55-65-28-25-53-23-17-26-63-27-18-24-54-32-40-21-16-22-41(30-40)64-33-39-19-14-13-15-20-39)34(2)31-51(7,62-11)48(37(5)45(57)38(6)49(60)67-43)68-50-46(58)42(56(9)10)29-35(3)66-50/h13-16,19-22,30,34-38,42-43,46-48,50,53-54,58-59,61H,12,17-18,23-29,31-33H2,1-11H3/b55-44+/t34-,35-,36-,37+,38-,42+,43-,46-,47-,48-,50+,51+,52-/m1/s1. The van der Waals surface area contributed by atoms with Crippen LogP contribution in [0.2, 0.25) is 0 Å². The zero-order valence-electron chi connectivity index (χ0n) is 42.6. The van der Waals surface area contributed by atoms with Crippen LogP contribution in [0.15, 0.2) is 59.8 Å². The number of ether oxygens (including phenoxy) is 6. The van der Waals surface area contributed by atoms with Crippen LogP contribution in [0.3, 0.4) is 0 Å². The zero-order valence-corrected chi connectivity index (χ0v) is 42.6. The molecule has 2 aliphatic heterocycles. The van der Waals surface area contributed by atoms with Gasteiger partial charge < -0.3 is 64.1 Å². The number of rotatable bonds is 22. The molecule has 16 heteroatoms. The number of esters is 1. The summed E-state index contributed by atoms with van der Waals surface area (Å²) in [4.78, 5) is 35.7. The first-order valence-electron chi connectivity index (χ1n) is 24.6. The van der Waals surface area contributed by atoms with Gasteiger partial charge in [-0.25, -0.2) is 0 Å². The predicted octanol–water partition coefficient (Wildman–Crippen LogP) is 5.28. The van der Waals surface area contributed by atoms with Crippen molar-refractivity contribution in [2.45, 2.75) is 155 Å². The van der Waals surface area contributed by atoms with Gasteiger partial charge in [-0.3, -0.25) is 9.59 Å². The van der Waals surface area contributed by atoms with Crippen LogP contribution in [-0.2, 0) is 51.3 Å². The highest BCUT2D eigenvalue weighted by Crippen LogP contribution is 2.38. The molecule has 0 saturated carbocycles. The van der Waals surface area contributed by atoms with Crippen molar-refractivity contribution in [2.75, 3.05) is 60.7 Å². The summed E-state index contributed by atoms with van der Waals surface area (Å²) in [5.41, 5.74) is -0.418. The average molecular weight is 957 g/mol. The first-order valence-corrected chi connectivity index (χ1v) is 24.6. The van der Waals surface area contributed by atoms with E-state index in [2.05, 4.69) is 40.1 Å². The van der Waals surface area contributed by atoms with Crippen LogP contribution < -0.4 is 15.4 Å². The average Bonchev–Trinajstić information content (AvgIpc) is 3.32. The molecule has 2 aromatic carbocycles. The van der Waals surface area contributed by atoms with E-state index in [0.717, 1.165) is 42.8 Å². The molecule has 0 aliphatic carbocycles. The fourth-order valence-electron chi connectivity index (χ4n) is 9.40. The highest BCUT2D eigenvalue weighted by Gasteiger charge is 2.51. The van der Waals surface area contributed by atoms with Crippen molar-refractivity contribution < 1.29 is 58.2 Å². The lowest BCUT2D eigenvalue weighted by molar-refractivity contribution is -0.295. The molecule has 2 heterocycles. The number of ketones is 1. The molecule has 384 valence electrons. The molecule has 4 rings (SSSR count). The molecule has 2 aromatic rings. The number of aliphatic hydroxyl groups is 3. The molecule has 2 aliphatic rings. The fraction of sp³-hybridized carbons (Fsp3) is 0.712. The SMILES string of the molecule is CC[C@H]1OC(=O)[C@H](C)C(=O)[C@H](C)[C@@H](O[C@@H]2O[C@H](C)C[C@H](N(C)C)[C@H]2O)[C@@](C)(OC)C[C@@H](C)/C(=N\OCCNCCCOCCCNCc2cccc(OCc3ccccc3)c2)[C@@H](C)[C@@H](O)[C@]1(C)O. The Morgan fingerprint density at radius 3 is 2.22 bits per heavy atom. The highest BCUT2D eigenvalue weighted by atomic mass is 16.7. The second-order valence-corrected chi connectivity index (χ2v) is 19.5. The van der Waals surface area contributed by atoms with Crippen LogP contribution in [-0.4, -0.2) is 152 Å². The summed E-state index contributed by atoms with van der Waals surface area (Å²) in [7, 11) is 5.28. The van der Waals surface area contributed by atoms with Gasteiger partial charge in [0.05, 0.1) is 29.6 Å². The molecular formula is C52H84N4O12. The summed E-state index contributed by atoms with van der Waals surface area (Å²) in [6.07, 6.45) is -3.38. The van der Waals surface area contributed by atoms with Gasteiger partial charge in [0.15, 0.2) is 12.1 Å². The van der Waals surface area contributed by atoms with Crippen LogP contribution in [0.5, 0.6) is 5.75 Å². The lowest BCUT2D eigenvalue weighted by Crippen LogP contribution is -2.60. The van der Waals surface area contributed by atoms with Gasteiger partial charge in [-0.1, -0.05) is 75.3 Å². The number of Topliss-reactive ketones (excluding diaryl/α,β-unsaturated/α-hetero) is 1. The topological polar surface area (TPSA) is 199 Å². The number of nitrogens with zero attached hydrogens (tertiary/aromatic N) is 2. The number of aliphatic hydroxyl groups excluding tert-OH is 2. The van der Waals surface area contributed by atoms with E-state index in [9.17, 15) is 24.9 Å². The smallest absolute Gasteiger partial charge is 0.316 e. The van der Waals surface area contributed by atoms with Gasteiger partial charge in [0, 0.05) is 57.2 Å². The van der Waals surface area contributed by atoms with Crippen molar-refractivity contribution in [3.63, 3.8) is 0 Å². The number of methoxy groups -OCH3 is 1. The van der Waals surface area contributed by atoms with Crippen molar-refractivity contribution in [3.8, 4) is 5.75 Å². The molecule has 68 heavy (non-hydrogen) atoms. The normalized spacial score (nSPS) is 32.8. The Morgan fingerprint density at radius 2 is 1.56 bits per heavy atom. The summed E-state index contributed by atoms with van der Waals surface area (Å²) in [5, 5.41) is 46.6. The quantitative estimate of drug-likeness (QED) is 0.0442. The van der Waals surface area contributed by atoms with Gasteiger partial charge in [0.2, 0.25) is 0 Å². The van der Waals surface area contributed by atoms with Crippen molar-refractivity contribution >= 4 is 17.5 Å². The number of hydrogen-bond acceptors (Lipinski definition) is 16. The van der Waals surface area contributed by atoms with Gasteiger partial charge in [-0.2, -0.15) is 0 Å². The maximum atomic E-state index is 14.2. The minimum absolute atomic E-state index is 0.170. The zero-order chi connectivity index (χ0) is 50.0. The molecule has 5 N–H and O–H groups in total. The van der Waals surface area contributed by atoms with Crippen LogP contribution in [0.4, 0.5) is 0 Å². The monoisotopic (exact) mass is 957 g/mol. The van der Waals surface area contributed by atoms with Crippen LogP contribution >= 0.6 is 0 Å². The van der Waals surface area contributed by atoms with Crippen LogP contribution in [0, 0.1) is 23.7 Å². The van der Waals surface area contributed by atoms with Gasteiger partial charge >= 0.3 is 5.97 Å². The summed E-state index contributed by atoms with van der Waals surface area (Å²) >= 11 is 0. The van der Waals surface area contributed by atoms with Gasteiger partial charge in [0.1, 0.15) is 42.7 Å². The summed E-state index contributed by atoms with van der Waals surface area (Å²) in [6.45, 7) is 18.5. The summed E-state index contributed by atoms with van der Waals surface area (Å²) in [5.74, 6) is -3.88. The predicted molar refractivity (Wildman–Crippen MR) is 261 cm³/mol. The molecule has 2 saturated heterocycles. The molecule has 0 amide bonds. The van der Waals surface area contributed by atoms with Gasteiger partial charge in [0.25, 0.3) is 0 Å². The molecule has 0 aromatic heterocycles. The van der Waals surface area contributed by atoms with E-state index in [1.165, 1.54) is 21.0 Å². The van der Waals surface area contributed by atoms with E-state index in [-0.39, 0.29) is 31.6 Å². The van der Waals surface area contributed by atoms with Crippen molar-refractivity contribution in [2.24, 2.45) is 28.8 Å². The molecule has 0 spiro atoms. The Kier molecular flexibility index (Phi) is 23.3. The number of carbonyl (C=O) groups excluding carboxylic acids is 2. The number of likely N-dealkylation sites (N-methyl/N-ethyl adjacent to an activating group) is 1. The Labute approximate surface area is 405 Å². The second-order valence-electron chi connectivity index (χ2n) is 19.5. The lowest BCUT2D eigenvalue weighted by Gasteiger charge is -2.47. The minimum Gasteiger partial charge on any atom is -0.489 e. The van der Waals surface area contributed by atoms with E-state index in [1.54, 1.807) is 20.8 Å². The maximum Gasteiger partial charge on any atom is 0.316 e.